The number of esters is 1. The van der Waals surface area contributed by atoms with E-state index in [-0.39, 0.29) is 5.56 Å². The number of rotatable bonds is 7. The highest BCUT2D eigenvalue weighted by Gasteiger charge is 2.27. The predicted molar refractivity (Wildman–Crippen MR) is 101 cm³/mol. The molecule has 6 nitrogen and oxygen atoms in total. The molecular weight excluding hydrogens is 338 g/mol. The van der Waals surface area contributed by atoms with Crippen LogP contribution in [0.25, 0.3) is 10.2 Å². The molecule has 138 valence electrons. The van der Waals surface area contributed by atoms with E-state index in [0.29, 0.717) is 24.2 Å². The summed E-state index contributed by atoms with van der Waals surface area (Å²) in [7, 11) is 1.35. The topological polar surface area (TPSA) is 64.4 Å². The van der Waals surface area contributed by atoms with Gasteiger partial charge in [0.2, 0.25) is 0 Å². The molecule has 2 aromatic heterocycles. The van der Waals surface area contributed by atoms with Crippen molar-refractivity contribution in [2.75, 3.05) is 20.2 Å². The van der Waals surface area contributed by atoms with Crippen molar-refractivity contribution in [2.45, 2.75) is 53.6 Å². The van der Waals surface area contributed by atoms with Gasteiger partial charge in [-0.3, -0.25) is 14.3 Å². The molecule has 0 amide bonds. The second-order valence-corrected chi connectivity index (χ2v) is 7.28. The summed E-state index contributed by atoms with van der Waals surface area (Å²) in [4.78, 5) is 34.3. The SMILES string of the molecule is CCC(C(=O)OC)n1c(CN(CC)CC)nc2sc(C)c(C)c2c1=O. The van der Waals surface area contributed by atoms with Crippen LogP contribution in [0.3, 0.4) is 0 Å². The highest BCUT2D eigenvalue weighted by Crippen LogP contribution is 2.28. The Bertz CT molecular complexity index is 821. The molecule has 0 aromatic carbocycles. The minimum Gasteiger partial charge on any atom is -0.467 e. The standard InChI is InChI=1S/C18H27N3O3S/c1-7-13(18(23)24-6)21-14(10-20(8-2)9-3)19-16-15(17(21)22)11(4)12(5)25-16/h13H,7-10H2,1-6H3. The van der Waals surface area contributed by atoms with Crippen LogP contribution >= 0.6 is 11.3 Å². The lowest BCUT2D eigenvalue weighted by molar-refractivity contribution is -0.144. The van der Waals surface area contributed by atoms with Crippen molar-refractivity contribution in [2.24, 2.45) is 0 Å². The minimum absolute atomic E-state index is 0.147. The Morgan fingerprint density at radius 2 is 1.92 bits per heavy atom. The lowest BCUT2D eigenvalue weighted by Crippen LogP contribution is -2.36. The zero-order chi connectivity index (χ0) is 18.7. The molecular formula is C18H27N3O3S. The Hall–Kier alpha value is -1.73. The van der Waals surface area contributed by atoms with Crippen LogP contribution in [0.15, 0.2) is 4.79 Å². The maximum absolute atomic E-state index is 13.3. The number of thiophene rings is 1. The maximum Gasteiger partial charge on any atom is 0.329 e. The Balaban J connectivity index is 2.77. The van der Waals surface area contributed by atoms with Gasteiger partial charge in [0.05, 0.1) is 19.0 Å². The van der Waals surface area contributed by atoms with E-state index in [1.807, 2.05) is 20.8 Å². The Labute approximate surface area is 152 Å². The van der Waals surface area contributed by atoms with Crippen molar-refractivity contribution in [3.63, 3.8) is 0 Å². The van der Waals surface area contributed by atoms with Crippen LogP contribution in [-0.2, 0) is 16.1 Å². The molecule has 1 unspecified atom stereocenters. The van der Waals surface area contributed by atoms with E-state index in [9.17, 15) is 9.59 Å². The number of fused-ring (bicyclic) bond motifs is 1. The van der Waals surface area contributed by atoms with Crippen molar-refractivity contribution in [3.05, 3.63) is 26.6 Å². The van der Waals surface area contributed by atoms with Crippen LogP contribution in [0.5, 0.6) is 0 Å². The largest absolute Gasteiger partial charge is 0.467 e. The van der Waals surface area contributed by atoms with E-state index < -0.39 is 12.0 Å². The molecule has 0 aliphatic rings. The third-order valence-electron chi connectivity index (χ3n) is 4.74. The van der Waals surface area contributed by atoms with Gasteiger partial charge in [0.1, 0.15) is 16.7 Å². The monoisotopic (exact) mass is 365 g/mol. The van der Waals surface area contributed by atoms with Crippen molar-refractivity contribution >= 4 is 27.5 Å². The lowest BCUT2D eigenvalue weighted by Gasteiger charge is -2.23. The van der Waals surface area contributed by atoms with Gasteiger partial charge in [0.15, 0.2) is 0 Å². The van der Waals surface area contributed by atoms with Crippen molar-refractivity contribution in [1.29, 1.82) is 0 Å². The average Bonchev–Trinajstić information content (AvgIpc) is 2.89. The maximum atomic E-state index is 13.3. The van der Waals surface area contributed by atoms with Gasteiger partial charge in [-0.25, -0.2) is 9.78 Å². The van der Waals surface area contributed by atoms with Gasteiger partial charge in [-0.05, 0) is 38.9 Å². The van der Waals surface area contributed by atoms with Gasteiger partial charge in [0, 0.05) is 4.88 Å². The van der Waals surface area contributed by atoms with Gasteiger partial charge < -0.3 is 4.74 Å². The van der Waals surface area contributed by atoms with Crippen LogP contribution in [0.4, 0.5) is 0 Å². The summed E-state index contributed by atoms with van der Waals surface area (Å²) in [6.07, 6.45) is 0.479. The molecule has 0 aliphatic heterocycles. The Kier molecular flexibility index (Phi) is 6.35. The van der Waals surface area contributed by atoms with Crippen molar-refractivity contribution in [1.82, 2.24) is 14.5 Å². The Morgan fingerprint density at radius 3 is 2.44 bits per heavy atom. The zero-order valence-electron chi connectivity index (χ0n) is 15.9. The summed E-state index contributed by atoms with van der Waals surface area (Å²) in [6, 6.07) is -0.653. The highest BCUT2D eigenvalue weighted by atomic mass is 32.1. The first-order chi connectivity index (χ1) is 11.9. The summed E-state index contributed by atoms with van der Waals surface area (Å²) < 4.78 is 6.48. The first kappa shape index (κ1) is 19.6. The van der Waals surface area contributed by atoms with Crippen LogP contribution in [0, 0.1) is 13.8 Å². The summed E-state index contributed by atoms with van der Waals surface area (Å²) in [6.45, 7) is 12.2. The van der Waals surface area contributed by atoms with Crippen LogP contribution in [0.2, 0.25) is 0 Å². The molecule has 0 fully saturated rings. The number of carbonyl (C=O) groups is 1. The second-order valence-electron chi connectivity index (χ2n) is 6.08. The lowest BCUT2D eigenvalue weighted by atomic mass is 10.1. The van der Waals surface area contributed by atoms with E-state index in [0.717, 1.165) is 28.4 Å². The van der Waals surface area contributed by atoms with Crippen molar-refractivity contribution < 1.29 is 9.53 Å². The van der Waals surface area contributed by atoms with Crippen LogP contribution in [-0.4, -0.2) is 40.6 Å². The molecule has 0 N–H and O–H groups in total. The molecule has 7 heteroatoms. The highest BCUT2D eigenvalue weighted by molar-refractivity contribution is 7.18. The normalized spacial score (nSPS) is 12.8. The number of nitrogens with zero attached hydrogens (tertiary/aromatic N) is 3. The van der Waals surface area contributed by atoms with Gasteiger partial charge in [-0.1, -0.05) is 20.8 Å². The molecule has 0 saturated carbocycles. The van der Waals surface area contributed by atoms with E-state index in [2.05, 4.69) is 18.7 Å². The third kappa shape index (κ3) is 3.62. The molecule has 25 heavy (non-hydrogen) atoms. The smallest absolute Gasteiger partial charge is 0.329 e. The molecule has 1 atom stereocenters. The molecule has 0 bridgehead atoms. The van der Waals surface area contributed by atoms with E-state index in [4.69, 9.17) is 9.72 Å². The number of ether oxygens (including phenoxy) is 1. The number of hydrogen-bond donors (Lipinski definition) is 0. The third-order valence-corrected chi connectivity index (χ3v) is 5.84. The first-order valence-electron chi connectivity index (χ1n) is 8.70. The van der Waals surface area contributed by atoms with Gasteiger partial charge in [-0.15, -0.1) is 11.3 Å². The molecule has 2 aromatic rings. The predicted octanol–water partition coefficient (Wildman–Crippen LogP) is 3.04. The summed E-state index contributed by atoms with van der Waals surface area (Å²) in [5.41, 5.74) is 0.798. The zero-order valence-corrected chi connectivity index (χ0v) is 16.7. The molecule has 0 spiro atoms. The molecule has 0 radical (unpaired) electrons. The van der Waals surface area contributed by atoms with Crippen LogP contribution < -0.4 is 5.56 Å². The Morgan fingerprint density at radius 1 is 1.28 bits per heavy atom. The summed E-state index contributed by atoms with van der Waals surface area (Å²) in [5.74, 6) is 0.218. The average molecular weight is 365 g/mol. The van der Waals surface area contributed by atoms with E-state index >= 15 is 0 Å². The fourth-order valence-electron chi connectivity index (χ4n) is 3.02. The number of aryl methyl sites for hydroxylation is 2. The first-order valence-corrected chi connectivity index (χ1v) is 9.52. The van der Waals surface area contributed by atoms with E-state index in [1.54, 1.807) is 4.57 Å². The fourth-order valence-corrected chi connectivity index (χ4v) is 4.06. The summed E-state index contributed by atoms with van der Waals surface area (Å²) >= 11 is 1.53. The van der Waals surface area contributed by atoms with Gasteiger partial charge in [0.25, 0.3) is 5.56 Å². The molecule has 2 heterocycles. The van der Waals surface area contributed by atoms with E-state index in [1.165, 1.54) is 18.4 Å². The van der Waals surface area contributed by atoms with Crippen LogP contribution in [0.1, 0.15) is 49.5 Å². The molecule has 2 rings (SSSR count). The molecule has 0 saturated heterocycles. The number of aromatic nitrogens is 2. The van der Waals surface area contributed by atoms with Gasteiger partial charge >= 0.3 is 5.97 Å². The number of carbonyl (C=O) groups excluding carboxylic acids is 1. The van der Waals surface area contributed by atoms with Crippen molar-refractivity contribution in [3.8, 4) is 0 Å². The quantitative estimate of drug-likeness (QED) is 0.706. The minimum atomic E-state index is -0.653. The fraction of sp³-hybridized carbons (Fsp3) is 0.611. The molecule has 0 aliphatic carbocycles. The summed E-state index contributed by atoms with van der Waals surface area (Å²) in [5, 5.41) is 0.619. The number of methoxy groups -OCH3 is 1. The number of hydrogen-bond acceptors (Lipinski definition) is 6. The second kappa shape index (κ2) is 8.10. The van der Waals surface area contributed by atoms with Gasteiger partial charge in [-0.2, -0.15) is 0 Å².